The number of imidazole rings is 1. The Hall–Kier alpha value is -1.85. The Bertz CT molecular complexity index is 445. The number of methoxy groups -OCH3 is 1. The molecule has 0 spiro atoms. The highest BCUT2D eigenvalue weighted by Crippen LogP contribution is 2.21. The van der Waals surface area contributed by atoms with Gasteiger partial charge in [-0.1, -0.05) is 0 Å². The number of hydrogen-bond donors (Lipinski definition) is 0. The molecule has 1 unspecified atom stereocenters. The number of esters is 1. The average Bonchev–Trinajstić information content (AvgIpc) is 2.98. The molecule has 0 aromatic carbocycles. The van der Waals surface area contributed by atoms with Gasteiger partial charge in [-0.05, 0) is 19.3 Å². The summed E-state index contributed by atoms with van der Waals surface area (Å²) in [5, 5.41) is 0. The molecule has 110 valence electrons. The largest absolute Gasteiger partial charge is 0.469 e. The van der Waals surface area contributed by atoms with Gasteiger partial charge in [0, 0.05) is 37.9 Å². The minimum atomic E-state index is -0.246. The molecule has 0 bridgehead atoms. The van der Waals surface area contributed by atoms with Gasteiger partial charge in [0.05, 0.1) is 19.9 Å². The highest BCUT2D eigenvalue weighted by molar-refractivity contribution is 5.78. The lowest BCUT2D eigenvalue weighted by Gasteiger charge is -2.35. The van der Waals surface area contributed by atoms with Crippen molar-refractivity contribution in [1.82, 2.24) is 14.5 Å². The van der Waals surface area contributed by atoms with Crippen LogP contribution in [0.5, 0.6) is 0 Å². The minimum absolute atomic E-state index is 0.00788. The Morgan fingerprint density at radius 2 is 2.25 bits per heavy atom. The first kappa shape index (κ1) is 14.6. The van der Waals surface area contributed by atoms with E-state index in [-0.39, 0.29) is 17.9 Å². The van der Waals surface area contributed by atoms with Crippen LogP contribution in [0.4, 0.5) is 0 Å². The molecule has 1 aliphatic heterocycles. The third-order valence-electron chi connectivity index (χ3n) is 3.72. The van der Waals surface area contributed by atoms with E-state index in [2.05, 4.69) is 4.98 Å². The molecule has 6 nitrogen and oxygen atoms in total. The van der Waals surface area contributed by atoms with Crippen molar-refractivity contribution in [3.8, 4) is 0 Å². The van der Waals surface area contributed by atoms with E-state index in [0.717, 1.165) is 25.8 Å². The number of aryl methyl sites for hydroxylation is 1. The summed E-state index contributed by atoms with van der Waals surface area (Å²) in [6.07, 6.45) is 8.94. The first-order valence-electron chi connectivity index (χ1n) is 7.02. The second kappa shape index (κ2) is 7.07. The molecule has 6 heteroatoms. The summed E-state index contributed by atoms with van der Waals surface area (Å²) in [5.74, 6) is -0.142. The van der Waals surface area contributed by atoms with Gasteiger partial charge in [0.25, 0.3) is 0 Å². The molecule has 1 aromatic rings. The van der Waals surface area contributed by atoms with Crippen LogP contribution in [-0.2, 0) is 20.9 Å². The van der Waals surface area contributed by atoms with E-state index in [0.29, 0.717) is 19.4 Å². The number of ether oxygens (including phenoxy) is 1. The maximum Gasteiger partial charge on any atom is 0.307 e. The summed E-state index contributed by atoms with van der Waals surface area (Å²) in [4.78, 5) is 29.5. The number of carbonyl (C=O) groups excluding carboxylic acids is 2. The van der Waals surface area contributed by atoms with Gasteiger partial charge in [-0.25, -0.2) is 4.98 Å². The minimum Gasteiger partial charge on any atom is -0.469 e. The van der Waals surface area contributed by atoms with Crippen LogP contribution in [0.25, 0.3) is 0 Å². The van der Waals surface area contributed by atoms with Gasteiger partial charge in [-0.15, -0.1) is 0 Å². The second-order valence-corrected chi connectivity index (χ2v) is 5.07. The van der Waals surface area contributed by atoms with Crippen LogP contribution >= 0.6 is 0 Å². The van der Waals surface area contributed by atoms with Crippen molar-refractivity contribution in [3.63, 3.8) is 0 Å². The molecule has 0 N–H and O–H groups in total. The van der Waals surface area contributed by atoms with E-state index in [1.165, 1.54) is 7.11 Å². The summed E-state index contributed by atoms with van der Waals surface area (Å²) in [6.45, 7) is 1.37. The van der Waals surface area contributed by atoms with Gasteiger partial charge in [0.2, 0.25) is 5.91 Å². The highest BCUT2D eigenvalue weighted by atomic mass is 16.5. The standard InChI is InChI=1S/C14H21N3O3/c1-20-14(19)10-12-4-2-3-7-17(12)13(18)5-8-16-9-6-15-11-16/h6,9,11-12H,2-5,7-8,10H2,1H3. The molecule has 1 saturated heterocycles. The first-order chi connectivity index (χ1) is 9.70. The zero-order valence-electron chi connectivity index (χ0n) is 11.8. The smallest absolute Gasteiger partial charge is 0.307 e. The van der Waals surface area contributed by atoms with Crippen molar-refractivity contribution in [1.29, 1.82) is 0 Å². The van der Waals surface area contributed by atoms with Crippen molar-refractivity contribution >= 4 is 11.9 Å². The SMILES string of the molecule is COC(=O)CC1CCCCN1C(=O)CCn1ccnc1. The number of aromatic nitrogens is 2. The number of carbonyl (C=O) groups is 2. The van der Waals surface area contributed by atoms with E-state index in [9.17, 15) is 9.59 Å². The monoisotopic (exact) mass is 279 g/mol. The fourth-order valence-electron chi connectivity index (χ4n) is 2.60. The van der Waals surface area contributed by atoms with Crippen LogP contribution in [0.1, 0.15) is 32.1 Å². The van der Waals surface area contributed by atoms with Crippen LogP contribution in [-0.4, -0.2) is 46.0 Å². The van der Waals surface area contributed by atoms with Gasteiger partial charge in [-0.3, -0.25) is 9.59 Å². The maximum atomic E-state index is 12.3. The van der Waals surface area contributed by atoms with Gasteiger partial charge >= 0.3 is 5.97 Å². The lowest BCUT2D eigenvalue weighted by molar-refractivity contribution is -0.144. The van der Waals surface area contributed by atoms with E-state index in [1.54, 1.807) is 12.5 Å². The van der Waals surface area contributed by atoms with Gasteiger partial charge < -0.3 is 14.2 Å². The molecular formula is C14H21N3O3. The predicted octanol–water partition coefficient (Wildman–Crippen LogP) is 1.22. The maximum absolute atomic E-state index is 12.3. The van der Waals surface area contributed by atoms with Crippen LogP contribution in [0.2, 0.25) is 0 Å². The zero-order chi connectivity index (χ0) is 14.4. The Balaban J connectivity index is 1.89. The van der Waals surface area contributed by atoms with E-state index >= 15 is 0 Å². The Labute approximate surface area is 118 Å². The second-order valence-electron chi connectivity index (χ2n) is 5.07. The van der Waals surface area contributed by atoms with Crippen molar-refractivity contribution in [3.05, 3.63) is 18.7 Å². The number of amides is 1. The summed E-state index contributed by atoms with van der Waals surface area (Å²) in [5.41, 5.74) is 0. The van der Waals surface area contributed by atoms with Crippen LogP contribution in [0, 0.1) is 0 Å². The zero-order valence-corrected chi connectivity index (χ0v) is 11.8. The van der Waals surface area contributed by atoms with Gasteiger partial charge in [0.15, 0.2) is 0 Å². The lowest BCUT2D eigenvalue weighted by atomic mass is 9.99. The van der Waals surface area contributed by atoms with E-state index in [1.807, 2.05) is 15.7 Å². The predicted molar refractivity (Wildman–Crippen MR) is 72.8 cm³/mol. The number of rotatable bonds is 5. The quantitative estimate of drug-likeness (QED) is 0.760. The van der Waals surface area contributed by atoms with Crippen LogP contribution in [0.3, 0.4) is 0 Å². The Morgan fingerprint density at radius 3 is 2.95 bits per heavy atom. The van der Waals surface area contributed by atoms with E-state index in [4.69, 9.17) is 4.74 Å². The molecule has 20 heavy (non-hydrogen) atoms. The molecular weight excluding hydrogens is 258 g/mol. The normalized spacial score (nSPS) is 18.9. The highest BCUT2D eigenvalue weighted by Gasteiger charge is 2.28. The molecule has 2 rings (SSSR count). The number of hydrogen-bond acceptors (Lipinski definition) is 4. The van der Waals surface area contributed by atoms with E-state index < -0.39 is 0 Å². The summed E-state index contributed by atoms with van der Waals surface area (Å²) < 4.78 is 6.60. The Morgan fingerprint density at radius 1 is 1.40 bits per heavy atom. The van der Waals surface area contributed by atoms with Crippen molar-refractivity contribution in [2.24, 2.45) is 0 Å². The first-order valence-corrected chi connectivity index (χ1v) is 7.02. The molecule has 2 heterocycles. The fourth-order valence-corrected chi connectivity index (χ4v) is 2.60. The fraction of sp³-hybridized carbons (Fsp3) is 0.643. The van der Waals surface area contributed by atoms with Gasteiger partial charge in [-0.2, -0.15) is 0 Å². The molecule has 1 atom stereocenters. The third kappa shape index (κ3) is 3.82. The number of piperidine rings is 1. The Kier molecular flexibility index (Phi) is 5.15. The van der Waals surface area contributed by atoms with Crippen molar-refractivity contribution in [2.45, 2.75) is 44.7 Å². The summed E-state index contributed by atoms with van der Waals surface area (Å²) in [7, 11) is 1.39. The average molecular weight is 279 g/mol. The van der Waals surface area contributed by atoms with Crippen molar-refractivity contribution < 1.29 is 14.3 Å². The third-order valence-corrected chi connectivity index (χ3v) is 3.72. The molecule has 0 aliphatic carbocycles. The van der Waals surface area contributed by atoms with Crippen LogP contribution in [0.15, 0.2) is 18.7 Å². The molecule has 1 aromatic heterocycles. The molecule has 1 amide bonds. The van der Waals surface area contributed by atoms with Gasteiger partial charge in [0.1, 0.15) is 0 Å². The summed E-state index contributed by atoms with van der Waals surface area (Å²) >= 11 is 0. The topological polar surface area (TPSA) is 64.4 Å². The molecule has 1 fully saturated rings. The molecule has 1 aliphatic rings. The molecule has 0 radical (unpaired) electrons. The number of nitrogens with zero attached hydrogens (tertiary/aromatic N) is 3. The van der Waals surface area contributed by atoms with Crippen LogP contribution < -0.4 is 0 Å². The lowest BCUT2D eigenvalue weighted by Crippen LogP contribution is -2.45. The van der Waals surface area contributed by atoms with Crippen molar-refractivity contribution in [2.75, 3.05) is 13.7 Å². The summed E-state index contributed by atoms with van der Waals surface area (Å²) in [6, 6.07) is -0.00788. The number of likely N-dealkylation sites (tertiary alicyclic amines) is 1. The molecule has 0 saturated carbocycles.